The second-order valence-electron chi connectivity index (χ2n) is 12.9. The standard InChI is InChI=1S/C42H49N3O9/c1-4-5-6-7-8-25-53-35-23-15-32(16-24-35)42(51)54-36-21-11-29(12-22-36)26-37(40(48)43-28(2)41(49)50)45-39(47)31-13-17-33(18-14-31)44-38(46)27-30-9-19-34(52-3)20-10-30/h9-24,28,37,40,43,48H,4-8,25-27H2,1-3H3,(H,44,46)(H,45,47)(H,49,50). The molecule has 0 bridgehead atoms. The van der Waals surface area contributed by atoms with E-state index in [1.165, 1.54) is 38.3 Å². The second kappa shape index (κ2) is 21.1. The number of anilines is 1. The minimum absolute atomic E-state index is 0.111. The number of esters is 1. The summed E-state index contributed by atoms with van der Waals surface area (Å²) in [6, 6.07) is 24.7. The summed E-state index contributed by atoms with van der Waals surface area (Å²) in [5, 5.41) is 28.5. The lowest BCUT2D eigenvalue weighted by atomic mass is 10.0. The smallest absolute Gasteiger partial charge is 0.343 e. The van der Waals surface area contributed by atoms with E-state index in [2.05, 4.69) is 22.9 Å². The Balaban J connectivity index is 1.33. The third-order valence-corrected chi connectivity index (χ3v) is 8.64. The Morgan fingerprint density at radius 3 is 1.94 bits per heavy atom. The van der Waals surface area contributed by atoms with E-state index in [0.29, 0.717) is 40.7 Å². The fourth-order valence-corrected chi connectivity index (χ4v) is 5.47. The first-order valence-corrected chi connectivity index (χ1v) is 18.1. The van der Waals surface area contributed by atoms with Crippen LogP contribution in [0.25, 0.3) is 0 Å². The Hall–Kier alpha value is -5.72. The number of unbranched alkanes of at least 4 members (excludes halogenated alkanes) is 4. The first-order chi connectivity index (χ1) is 26.0. The molecule has 5 N–H and O–H groups in total. The minimum atomic E-state index is -1.43. The number of aliphatic hydroxyl groups excluding tert-OH is 1. The molecule has 0 spiro atoms. The molecule has 3 unspecified atom stereocenters. The van der Waals surface area contributed by atoms with Crippen molar-refractivity contribution >= 4 is 29.4 Å². The molecule has 54 heavy (non-hydrogen) atoms. The Morgan fingerprint density at radius 2 is 1.31 bits per heavy atom. The Morgan fingerprint density at radius 1 is 0.722 bits per heavy atom. The van der Waals surface area contributed by atoms with Gasteiger partial charge in [-0.1, -0.05) is 56.9 Å². The SMILES string of the molecule is CCCCCCCOc1ccc(C(=O)Oc2ccc(CC(NC(=O)c3ccc(NC(=O)Cc4ccc(OC)cc4)cc3)C(O)NC(C)C(=O)O)cc2)cc1. The summed E-state index contributed by atoms with van der Waals surface area (Å²) in [6.45, 7) is 4.18. The number of aliphatic carboxylic acids is 1. The van der Waals surface area contributed by atoms with Gasteiger partial charge in [0.2, 0.25) is 5.91 Å². The number of carboxylic acid groups (broad SMARTS) is 1. The van der Waals surface area contributed by atoms with Crippen LogP contribution in [0.2, 0.25) is 0 Å². The van der Waals surface area contributed by atoms with Gasteiger partial charge in [0, 0.05) is 11.3 Å². The van der Waals surface area contributed by atoms with E-state index in [9.17, 15) is 29.4 Å². The van der Waals surface area contributed by atoms with E-state index >= 15 is 0 Å². The molecule has 0 aliphatic carbocycles. The zero-order chi connectivity index (χ0) is 38.9. The summed E-state index contributed by atoms with van der Waals surface area (Å²) in [5.41, 5.74) is 2.61. The lowest BCUT2D eigenvalue weighted by Gasteiger charge is -2.27. The molecule has 0 fully saturated rings. The van der Waals surface area contributed by atoms with Crippen LogP contribution in [0.4, 0.5) is 5.69 Å². The van der Waals surface area contributed by atoms with Crippen LogP contribution in [0.5, 0.6) is 17.2 Å². The van der Waals surface area contributed by atoms with Gasteiger partial charge in [0.05, 0.1) is 31.7 Å². The van der Waals surface area contributed by atoms with Crippen molar-refractivity contribution < 1.29 is 43.6 Å². The van der Waals surface area contributed by atoms with E-state index in [0.717, 1.165) is 18.4 Å². The normalized spacial score (nSPS) is 12.5. The molecule has 4 aromatic rings. The predicted octanol–water partition coefficient (Wildman–Crippen LogP) is 6.17. The van der Waals surface area contributed by atoms with Gasteiger partial charge in [0.15, 0.2) is 0 Å². The van der Waals surface area contributed by atoms with Crippen LogP contribution in [0.15, 0.2) is 97.1 Å². The Bertz CT molecular complexity index is 1800. The zero-order valence-corrected chi connectivity index (χ0v) is 30.9. The number of benzene rings is 4. The van der Waals surface area contributed by atoms with Gasteiger partial charge in [0.1, 0.15) is 29.5 Å². The topological polar surface area (TPSA) is 173 Å². The van der Waals surface area contributed by atoms with Gasteiger partial charge in [-0.2, -0.15) is 0 Å². The fourth-order valence-electron chi connectivity index (χ4n) is 5.47. The maximum atomic E-state index is 13.3. The molecule has 0 saturated carbocycles. The van der Waals surface area contributed by atoms with Gasteiger partial charge in [-0.3, -0.25) is 19.7 Å². The van der Waals surface area contributed by atoms with E-state index < -0.39 is 36.2 Å². The minimum Gasteiger partial charge on any atom is -0.497 e. The molecule has 0 saturated heterocycles. The van der Waals surface area contributed by atoms with E-state index in [1.54, 1.807) is 92.0 Å². The molecular weight excluding hydrogens is 690 g/mol. The predicted molar refractivity (Wildman–Crippen MR) is 205 cm³/mol. The fraction of sp³-hybridized carbons (Fsp3) is 0.333. The van der Waals surface area contributed by atoms with Crippen molar-refractivity contribution in [1.82, 2.24) is 10.6 Å². The highest BCUT2D eigenvalue weighted by Crippen LogP contribution is 2.19. The molecule has 4 aromatic carbocycles. The highest BCUT2D eigenvalue weighted by molar-refractivity contribution is 5.96. The van der Waals surface area contributed by atoms with Crippen LogP contribution >= 0.6 is 0 Å². The van der Waals surface area contributed by atoms with E-state index in [1.807, 2.05) is 0 Å². The summed E-state index contributed by atoms with van der Waals surface area (Å²) in [5.74, 6) is -0.787. The molecule has 12 nitrogen and oxygen atoms in total. The van der Waals surface area contributed by atoms with Crippen molar-refractivity contribution in [3.8, 4) is 17.2 Å². The number of carboxylic acids is 1. The molecule has 286 valence electrons. The first-order valence-electron chi connectivity index (χ1n) is 18.1. The van der Waals surface area contributed by atoms with Gasteiger partial charge in [-0.15, -0.1) is 0 Å². The average molecular weight is 740 g/mol. The third-order valence-electron chi connectivity index (χ3n) is 8.64. The number of amides is 2. The molecule has 0 radical (unpaired) electrons. The summed E-state index contributed by atoms with van der Waals surface area (Å²) >= 11 is 0. The first kappa shape index (κ1) is 41.0. The number of rotatable bonds is 21. The third kappa shape index (κ3) is 13.4. The van der Waals surface area contributed by atoms with Crippen molar-refractivity contribution in [1.29, 1.82) is 0 Å². The highest BCUT2D eigenvalue weighted by Gasteiger charge is 2.26. The number of ether oxygens (including phenoxy) is 3. The molecule has 0 heterocycles. The Labute approximate surface area is 315 Å². The van der Waals surface area contributed by atoms with Crippen molar-refractivity contribution in [3.05, 3.63) is 119 Å². The maximum absolute atomic E-state index is 13.3. The van der Waals surface area contributed by atoms with Crippen LogP contribution in [0, 0.1) is 0 Å². The molecular formula is C42H49N3O9. The summed E-state index contributed by atoms with van der Waals surface area (Å²) in [6.07, 6.45) is 4.55. The van der Waals surface area contributed by atoms with Crippen LogP contribution in [0.1, 0.15) is 77.8 Å². The molecule has 12 heteroatoms. The average Bonchev–Trinajstić information content (AvgIpc) is 3.17. The van der Waals surface area contributed by atoms with Crippen LogP contribution < -0.4 is 30.2 Å². The van der Waals surface area contributed by atoms with Gasteiger partial charge in [-0.05, 0) is 104 Å². The number of nitrogens with one attached hydrogen (secondary N) is 3. The van der Waals surface area contributed by atoms with Crippen LogP contribution in [-0.4, -0.2) is 66.0 Å². The monoisotopic (exact) mass is 739 g/mol. The molecule has 3 atom stereocenters. The van der Waals surface area contributed by atoms with Gasteiger partial charge >= 0.3 is 11.9 Å². The summed E-state index contributed by atoms with van der Waals surface area (Å²) in [4.78, 5) is 50.1. The van der Waals surface area contributed by atoms with Crippen molar-refractivity contribution in [3.63, 3.8) is 0 Å². The number of aliphatic hydroxyl groups is 1. The number of hydrogen-bond donors (Lipinski definition) is 5. The molecule has 2 amide bonds. The molecule has 0 aliphatic heterocycles. The lowest BCUT2D eigenvalue weighted by molar-refractivity contribution is -0.140. The van der Waals surface area contributed by atoms with Crippen molar-refractivity contribution in [2.75, 3.05) is 19.0 Å². The molecule has 4 rings (SSSR count). The highest BCUT2D eigenvalue weighted by atomic mass is 16.5. The molecule has 0 aliphatic rings. The van der Waals surface area contributed by atoms with Crippen LogP contribution in [0.3, 0.4) is 0 Å². The van der Waals surface area contributed by atoms with E-state index in [4.69, 9.17) is 14.2 Å². The van der Waals surface area contributed by atoms with Crippen molar-refractivity contribution in [2.24, 2.45) is 0 Å². The van der Waals surface area contributed by atoms with Crippen molar-refractivity contribution in [2.45, 2.75) is 77.1 Å². The number of carbonyl (C=O) groups is 4. The number of carbonyl (C=O) groups excluding carboxylic acids is 3. The number of methoxy groups -OCH3 is 1. The second-order valence-corrected chi connectivity index (χ2v) is 12.9. The summed E-state index contributed by atoms with van der Waals surface area (Å²) in [7, 11) is 1.57. The largest absolute Gasteiger partial charge is 0.497 e. The van der Waals surface area contributed by atoms with E-state index in [-0.39, 0.29) is 24.3 Å². The lowest BCUT2D eigenvalue weighted by Crippen LogP contribution is -2.54. The zero-order valence-electron chi connectivity index (χ0n) is 30.9. The Kier molecular flexibility index (Phi) is 16.0. The van der Waals surface area contributed by atoms with Gasteiger partial charge < -0.3 is 35.1 Å². The quantitative estimate of drug-likeness (QED) is 0.0288. The van der Waals surface area contributed by atoms with Gasteiger partial charge in [0.25, 0.3) is 5.91 Å². The summed E-state index contributed by atoms with van der Waals surface area (Å²) < 4.78 is 16.5. The number of hydrogen-bond acceptors (Lipinski definition) is 9. The van der Waals surface area contributed by atoms with Crippen LogP contribution in [-0.2, 0) is 22.4 Å². The molecule has 0 aromatic heterocycles. The van der Waals surface area contributed by atoms with Gasteiger partial charge in [-0.25, -0.2) is 4.79 Å². The maximum Gasteiger partial charge on any atom is 0.343 e.